The average molecular weight is 320 g/mol. The number of rotatable bonds is 8. The molecule has 20 heavy (non-hydrogen) atoms. The van der Waals surface area contributed by atoms with Crippen molar-refractivity contribution in [2.45, 2.75) is 12.8 Å². The minimum absolute atomic E-state index is 0.0524. The molecule has 0 aliphatic carbocycles. The number of allylic oxidation sites excluding steroid dienone is 2. The van der Waals surface area contributed by atoms with E-state index >= 15 is 0 Å². The second kappa shape index (κ2) is 9.10. The molecule has 0 aromatic heterocycles. The van der Waals surface area contributed by atoms with E-state index in [0.717, 1.165) is 4.90 Å². The first kappa shape index (κ1) is 18.1. The molecule has 7 nitrogen and oxygen atoms in total. The largest absolute Gasteiger partial charge is 0.351 e. The van der Waals surface area contributed by atoms with E-state index in [0.29, 0.717) is 0 Å². The van der Waals surface area contributed by atoms with Crippen LogP contribution < -0.4 is 5.73 Å². The van der Waals surface area contributed by atoms with E-state index in [4.69, 9.17) is 5.73 Å². The molecule has 0 rings (SSSR count). The zero-order valence-electron chi connectivity index (χ0n) is 10.8. The van der Waals surface area contributed by atoms with E-state index in [2.05, 4.69) is 13.2 Å². The Labute approximate surface area is 120 Å². The van der Waals surface area contributed by atoms with Crippen molar-refractivity contribution >= 4 is 36.3 Å². The topological polar surface area (TPSA) is 115 Å². The normalized spacial score (nSPS) is 9.40. The Morgan fingerprint density at radius 3 is 1.50 bits per heavy atom. The van der Waals surface area contributed by atoms with Crippen molar-refractivity contribution in [2.75, 3.05) is 13.1 Å². The van der Waals surface area contributed by atoms with Gasteiger partial charge in [-0.25, -0.2) is 4.79 Å². The summed E-state index contributed by atoms with van der Waals surface area (Å²) in [7, 11) is -4.81. The summed E-state index contributed by atoms with van der Waals surface area (Å²) in [6.45, 7) is 6.82. The van der Waals surface area contributed by atoms with E-state index in [9.17, 15) is 21.6 Å². The first-order valence-electron chi connectivity index (χ1n) is 5.52. The van der Waals surface area contributed by atoms with Crippen LogP contribution in [0.5, 0.6) is 0 Å². The second-order valence-electron chi connectivity index (χ2n) is 3.64. The molecule has 0 aliphatic heterocycles. The summed E-state index contributed by atoms with van der Waals surface area (Å²) in [6.07, 6.45) is 2.48. The lowest BCUT2D eigenvalue weighted by atomic mass is 10.2. The van der Waals surface area contributed by atoms with Crippen molar-refractivity contribution < 1.29 is 21.6 Å². The Balaban J connectivity index is 4.82. The van der Waals surface area contributed by atoms with Crippen LogP contribution in [-0.2, 0) is 20.6 Å². The van der Waals surface area contributed by atoms with Crippen molar-refractivity contribution in [3.05, 3.63) is 25.3 Å². The number of amides is 2. The van der Waals surface area contributed by atoms with Crippen molar-refractivity contribution in [1.29, 1.82) is 0 Å². The number of carbonyl (C=O) groups excluding carboxylic acids is 1. The third-order valence-electron chi connectivity index (χ3n) is 2.45. The van der Waals surface area contributed by atoms with Gasteiger partial charge in [-0.15, -0.1) is 0 Å². The molecule has 2 N–H and O–H groups in total. The molecule has 0 aromatic carbocycles. The SMILES string of the molecule is C=CC(CCN(CCC(C=C)=S(=O)=O)C(N)=O)=S(=O)=O. The highest BCUT2D eigenvalue weighted by Crippen LogP contribution is 1.98. The predicted octanol–water partition coefficient (Wildman–Crippen LogP) is -0.378. The van der Waals surface area contributed by atoms with Crippen LogP contribution in [0.25, 0.3) is 0 Å². The van der Waals surface area contributed by atoms with Crippen LogP contribution >= 0.6 is 0 Å². The van der Waals surface area contributed by atoms with Gasteiger partial charge in [0.15, 0.2) is 0 Å². The molecule has 0 spiro atoms. The van der Waals surface area contributed by atoms with Gasteiger partial charge >= 0.3 is 6.03 Å². The van der Waals surface area contributed by atoms with Gasteiger partial charge in [-0.2, -0.15) is 16.8 Å². The summed E-state index contributed by atoms with van der Waals surface area (Å²) >= 11 is 0. The summed E-state index contributed by atoms with van der Waals surface area (Å²) in [5.41, 5.74) is 5.15. The van der Waals surface area contributed by atoms with Crippen LogP contribution in [0.3, 0.4) is 0 Å². The standard InChI is InChI=1S/C11H16N2O5S2/c1-3-9(19(15)16)5-7-13(11(12)14)8-6-10(4-2)20(17)18/h3-4H,1-2,5-8H2,(H2,12,14). The van der Waals surface area contributed by atoms with E-state index in [1.807, 2.05) is 0 Å². The number of hydrogen-bond acceptors (Lipinski definition) is 5. The number of carbonyl (C=O) groups is 1. The van der Waals surface area contributed by atoms with Gasteiger partial charge in [0, 0.05) is 25.9 Å². The lowest BCUT2D eigenvalue weighted by molar-refractivity contribution is 0.210. The molecule has 0 saturated carbocycles. The Morgan fingerprint density at radius 2 is 1.30 bits per heavy atom. The maximum atomic E-state index is 11.2. The minimum atomic E-state index is -2.40. The molecular formula is C11H16N2O5S2. The van der Waals surface area contributed by atoms with Crippen LogP contribution in [0, 0.1) is 0 Å². The molecule has 2 amide bonds. The zero-order valence-corrected chi connectivity index (χ0v) is 12.4. The first-order valence-corrected chi connectivity index (χ1v) is 7.67. The molecule has 0 atom stereocenters. The van der Waals surface area contributed by atoms with Crippen LogP contribution in [0.4, 0.5) is 4.79 Å². The third-order valence-corrected chi connectivity index (χ3v) is 4.05. The van der Waals surface area contributed by atoms with Gasteiger partial charge in [0.25, 0.3) is 0 Å². The van der Waals surface area contributed by atoms with E-state index in [-0.39, 0.29) is 35.7 Å². The summed E-state index contributed by atoms with van der Waals surface area (Å²) < 4.78 is 43.1. The molecule has 0 saturated heterocycles. The molecule has 0 heterocycles. The van der Waals surface area contributed by atoms with Gasteiger partial charge in [-0.3, -0.25) is 0 Å². The van der Waals surface area contributed by atoms with Gasteiger partial charge in [0.1, 0.15) is 0 Å². The molecule has 0 aliphatic rings. The monoisotopic (exact) mass is 320 g/mol. The van der Waals surface area contributed by atoms with Crippen LogP contribution in [0.15, 0.2) is 25.3 Å². The van der Waals surface area contributed by atoms with Gasteiger partial charge < -0.3 is 10.6 Å². The molecule has 9 heteroatoms. The van der Waals surface area contributed by atoms with Crippen molar-refractivity contribution in [2.24, 2.45) is 5.73 Å². The van der Waals surface area contributed by atoms with Crippen LogP contribution in [0.2, 0.25) is 0 Å². The predicted molar refractivity (Wildman–Crippen MR) is 78.6 cm³/mol. The fourth-order valence-electron chi connectivity index (χ4n) is 1.33. The van der Waals surface area contributed by atoms with Crippen molar-refractivity contribution in [3.8, 4) is 0 Å². The molecule has 0 fully saturated rings. The summed E-state index contributed by atoms with van der Waals surface area (Å²) in [4.78, 5) is 12.5. The van der Waals surface area contributed by atoms with Crippen LogP contribution in [0.1, 0.15) is 12.8 Å². The molecule has 0 bridgehead atoms. The fourth-order valence-corrected chi connectivity index (χ4v) is 2.12. The first-order chi connectivity index (χ1) is 9.33. The van der Waals surface area contributed by atoms with Gasteiger partial charge in [0.05, 0.1) is 9.73 Å². The number of hydrogen-bond donors (Lipinski definition) is 1. The smallest absolute Gasteiger partial charge is 0.314 e. The van der Waals surface area contributed by atoms with Crippen molar-refractivity contribution in [3.63, 3.8) is 0 Å². The van der Waals surface area contributed by atoms with Gasteiger partial charge in [-0.1, -0.05) is 25.3 Å². The molecular weight excluding hydrogens is 304 g/mol. The Bertz CT molecular complexity index is 591. The minimum Gasteiger partial charge on any atom is -0.351 e. The maximum absolute atomic E-state index is 11.2. The summed E-state index contributed by atoms with van der Waals surface area (Å²) in [5, 5.41) is 0. The number of nitrogens with zero attached hydrogens (tertiary/aromatic N) is 1. The number of primary amides is 1. The van der Waals surface area contributed by atoms with Crippen molar-refractivity contribution in [1.82, 2.24) is 4.90 Å². The van der Waals surface area contributed by atoms with Crippen LogP contribution in [-0.4, -0.2) is 50.6 Å². The van der Waals surface area contributed by atoms with Gasteiger partial charge in [-0.05, 0) is 0 Å². The zero-order chi connectivity index (χ0) is 15.7. The number of urea groups is 1. The molecule has 0 aromatic rings. The molecule has 0 radical (unpaired) electrons. The molecule has 0 unspecified atom stereocenters. The Hall–Kier alpha value is -1.87. The Morgan fingerprint density at radius 1 is 0.950 bits per heavy atom. The molecule has 112 valence electrons. The quantitative estimate of drug-likeness (QED) is 0.484. The highest BCUT2D eigenvalue weighted by molar-refractivity contribution is 7.73. The van der Waals surface area contributed by atoms with E-state index < -0.39 is 26.6 Å². The van der Waals surface area contributed by atoms with E-state index in [1.165, 1.54) is 12.2 Å². The summed E-state index contributed by atoms with van der Waals surface area (Å²) in [5.74, 6) is 0. The van der Waals surface area contributed by atoms with Gasteiger partial charge in [0.2, 0.25) is 20.6 Å². The maximum Gasteiger partial charge on any atom is 0.314 e. The highest BCUT2D eigenvalue weighted by Gasteiger charge is 2.11. The van der Waals surface area contributed by atoms with E-state index in [1.54, 1.807) is 0 Å². The second-order valence-corrected chi connectivity index (χ2v) is 5.62. The average Bonchev–Trinajstić information content (AvgIpc) is 2.36. The Kier molecular flexibility index (Phi) is 8.25. The lowest BCUT2D eigenvalue weighted by Gasteiger charge is -2.19. The highest BCUT2D eigenvalue weighted by atomic mass is 32.2. The lowest BCUT2D eigenvalue weighted by Crippen LogP contribution is -2.38. The summed E-state index contributed by atoms with van der Waals surface area (Å²) in [6, 6.07) is -0.759. The number of nitrogens with two attached hydrogens (primary N) is 1. The third kappa shape index (κ3) is 6.34. The fraction of sp³-hybridized carbons (Fsp3) is 0.364.